The number of benzene rings is 4. The summed E-state index contributed by atoms with van der Waals surface area (Å²) in [6.45, 7) is 0.535. The van der Waals surface area contributed by atoms with Crippen LogP contribution in [0.25, 0.3) is 16.8 Å². The second kappa shape index (κ2) is 12.1. The number of halogens is 1. The maximum Gasteiger partial charge on any atom is 0.262 e. The molecule has 4 aromatic carbocycles. The molecule has 0 radical (unpaired) electrons. The van der Waals surface area contributed by atoms with Crippen molar-refractivity contribution in [3.63, 3.8) is 0 Å². The highest BCUT2D eigenvalue weighted by atomic mass is 79.9. The van der Waals surface area contributed by atoms with Gasteiger partial charge in [0.25, 0.3) is 5.91 Å². The predicted octanol–water partition coefficient (Wildman–Crippen LogP) is 6.42. The smallest absolute Gasteiger partial charge is 0.262 e. The number of hydrogen-bond donors (Lipinski definition) is 1. The Morgan fingerprint density at radius 1 is 0.946 bits per heavy atom. The highest BCUT2D eigenvalue weighted by molar-refractivity contribution is 9.10. The van der Waals surface area contributed by atoms with Crippen LogP contribution in [0.15, 0.2) is 88.9 Å². The van der Waals surface area contributed by atoms with Crippen LogP contribution in [0.5, 0.6) is 17.2 Å². The molecule has 0 saturated carbocycles. The van der Waals surface area contributed by atoms with E-state index < -0.39 is 5.91 Å². The van der Waals surface area contributed by atoms with E-state index in [2.05, 4.69) is 45.5 Å². The van der Waals surface area contributed by atoms with Gasteiger partial charge in [0.15, 0.2) is 0 Å². The zero-order valence-electron chi connectivity index (χ0n) is 20.5. The van der Waals surface area contributed by atoms with Gasteiger partial charge >= 0.3 is 0 Å². The average molecular weight is 557 g/mol. The number of fused-ring (bicyclic) bond motifs is 1. The molecule has 0 aromatic heterocycles. The van der Waals surface area contributed by atoms with E-state index in [-0.39, 0.29) is 12.1 Å². The van der Waals surface area contributed by atoms with Gasteiger partial charge in [-0.15, -0.1) is 0 Å². The fourth-order valence-corrected chi connectivity index (χ4v) is 4.20. The Morgan fingerprint density at radius 2 is 1.76 bits per heavy atom. The van der Waals surface area contributed by atoms with Crippen molar-refractivity contribution in [1.82, 2.24) is 5.32 Å². The van der Waals surface area contributed by atoms with Crippen molar-refractivity contribution in [1.29, 1.82) is 5.26 Å². The van der Waals surface area contributed by atoms with Gasteiger partial charge in [-0.3, -0.25) is 4.79 Å². The SMILES string of the molecule is COc1ccc(CNC(=O)/C(C#N)=C/c2cc(Br)ccc2OCc2ccc3ccccc3c2)c(OC)c1. The van der Waals surface area contributed by atoms with Gasteiger partial charge in [-0.25, -0.2) is 0 Å². The number of nitrogens with zero attached hydrogens (tertiary/aromatic N) is 1. The zero-order valence-corrected chi connectivity index (χ0v) is 22.0. The first-order valence-corrected chi connectivity index (χ1v) is 12.3. The molecular weight excluding hydrogens is 532 g/mol. The van der Waals surface area contributed by atoms with Crippen LogP contribution in [0, 0.1) is 11.3 Å². The lowest BCUT2D eigenvalue weighted by Crippen LogP contribution is -2.24. The minimum absolute atomic E-state index is 0.0406. The number of ether oxygens (including phenoxy) is 3. The lowest BCUT2D eigenvalue weighted by molar-refractivity contribution is -0.117. The standard InChI is InChI=1S/C30H25BrN2O4/c1-35-27-11-9-23(29(16-27)36-2)18-33-30(34)25(17-32)14-24-15-26(31)10-12-28(24)37-19-20-7-8-21-5-3-4-6-22(21)13-20/h3-16H,18-19H2,1-2H3,(H,33,34)/b25-14+. The van der Waals surface area contributed by atoms with Gasteiger partial charge in [0.1, 0.15) is 35.5 Å². The number of nitrogens with one attached hydrogen (secondary N) is 1. The fraction of sp³-hybridized carbons (Fsp3) is 0.133. The van der Waals surface area contributed by atoms with Crippen molar-refractivity contribution in [2.24, 2.45) is 0 Å². The van der Waals surface area contributed by atoms with Crippen molar-refractivity contribution in [3.05, 3.63) is 106 Å². The second-order valence-electron chi connectivity index (χ2n) is 8.18. The molecule has 0 unspecified atom stereocenters. The lowest BCUT2D eigenvalue weighted by Gasteiger charge is -2.12. The molecule has 0 saturated heterocycles. The molecule has 6 nitrogen and oxygen atoms in total. The summed E-state index contributed by atoms with van der Waals surface area (Å²) >= 11 is 3.46. The molecule has 0 aliphatic carbocycles. The Labute approximate surface area is 224 Å². The number of methoxy groups -OCH3 is 2. The fourth-order valence-electron chi connectivity index (χ4n) is 3.83. The average Bonchev–Trinajstić information content (AvgIpc) is 2.93. The topological polar surface area (TPSA) is 80.6 Å². The predicted molar refractivity (Wildman–Crippen MR) is 147 cm³/mol. The van der Waals surface area contributed by atoms with Gasteiger partial charge in [0.05, 0.1) is 14.2 Å². The van der Waals surface area contributed by atoms with Crippen LogP contribution in [0.1, 0.15) is 16.7 Å². The van der Waals surface area contributed by atoms with Gasteiger partial charge < -0.3 is 19.5 Å². The molecule has 0 bridgehead atoms. The minimum atomic E-state index is -0.499. The molecule has 0 spiro atoms. The summed E-state index contributed by atoms with van der Waals surface area (Å²) < 4.78 is 17.5. The van der Waals surface area contributed by atoms with Crippen LogP contribution in [0.4, 0.5) is 0 Å². The molecule has 4 aromatic rings. The maximum atomic E-state index is 12.9. The molecule has 0 heterocycles. The number of amides is 1. The third-order valence-corrected chi connectivity index (χ3v) is 6.27. The molecule has 1 N–H and O–H groups in total. The third-order valence-electron chi connectivity index (χ3n) is 5.78. The molecule has 4 rings (SSSR count). The van der Waals surface area contributed by atoms with Crippen LogP contribution in [0.3, 0.4) is 0 Å². The number of hydrogen-bond acceptors (Lipinski definition) is 5. The van der Waals surface area contributed by atoms with Crippen LogP contribution >= 0.6 is 15.9 Å². The Balaban J connectivity index is 1.50. The number of carbonyl (C=O) groups is 1. The van der Waals surface area contributed by atoms with E-state index in [4.69, 9.17) is 14.2 Å². The highest BCUT2D eigenvalue weighted by Gasteiger charge is 2.13. The summed E-state index contributed by atoms with van der Waals surface area (Å²) in [7, 11) is 3.12. The minimum Gasteiger partial charge on any atom is -0.497 e. The summed E-state index contributed by atoms with van der Waals surface area (Å²) in [6.07, 6.45) is 1.53. The van der Waals surface area contributed by atoms with Gasteiger partial charge in [-0.05, 0) is 58.8 Å². The van der Waals surface area contributed by atoms with Crippen LogP contribution in [0.2, 0.25) is 0 Å². The molecule has 1 amide bonds. The van der Waals surface area contributed by atoms with E-state index in [1.165, 1.54) is 6.08 Å². The van der Waals surface area contributed by atoms with Crippen molar-refractivity contribution >= 4 is 38.7 Å². The highest BCUT2D eigenvalue weighted by Crippen LogP contribution is 2.28. The van der Waals surface area contributed by atoms with Crippen molar-refractivity contribution in [2.45, 2.75) is 13.2 Å². The van der Waals surface area contributed by atoms with E-state index in [9.17, 15) is 10.1 Å². The van der Waals surface area contributed by atoms with Crippen molar-refractivity contribution in [2.75, 3.05) is 14.2 Å². The Bertz CT molecular complexity index is 1510. The Morgan fingerprint density at radius 3 is 2.51 bits per heavy atom. The summed E-state index contributed by atoms with van der Waals surface area (Å²) in [6, 6.07) is 27.1. The van der Waals surface area contributed by atoms with Crippen molar-refractivity contribution < 1.29 is 19.0 Å². The van der Waals surface area contributed by atoms with E-state index in [1.807, 2.05) is 42.5 Å². The van der Waals surface area contributed by atoms with Gasteiger partial charge in [0, 0.05) is 28.2 Å². The number of nitriles is 1. The quantitative estimate of drug-likeness (QED) is 0.190. The summed E-state index contributed by atoms with van der Waals surface area (Å²) in [5, 5.41) is 14.8. The van der Waals surface area contributed by atoms with Gasteiger partial charge in [0.2, 0.25) is 0 Å². The van der Waals surface area contributed by atoms with E-state index in [0.29, 0.717) is 29.4 Å². The molecule has 0 aliphatic rings. The first kappa shape index (κ1) is 25.8. The number of carbonyl (C=O) groups excluding carboxylic acids is 1. The van der Waals surface area contributed by atoms with E-state index >= 15 is 0 Å². The van der Waals surface area contributed by atoms with E-state index in [1.54, 1.807) is 32.4 Å². The molecule has 0 fully saturated rings. The molecular formula is C30H25BrN2O4. The largest absolute Gasteiger partial charge is 0.497 e. The molecule has 186 valence electrons. The monoisotopic (exact) mass is 556 g/mol. The summed E-state index contributed by atoms with van der Waals surface area (Å²) in [5.74, 6) is 1.29. The third kappa shape index (κ3) is 6.49. The zero-order chi connectivity index (χ0) is 26.2. The Hall–Kier alpha value is -4.28. The molecule has 0 atom stereocenters. The number of rotatable bonds is 9. The first-order valence-electron chi connectivity index (χ1n) is 11.5. The van der Waals surface area contributed by atoms with Crippen LogP contribution in [-0.4, -0.2) is 20.1 Å². The van der Waals surface area contributed by atoms with Gasteiger partial charge in [-0.2, -0.15) is 5.26 Å². The molecule has 7 heteroatoms. The summed E-state index contributed by atoms with van der Waals surface area (Å²) in [5.41, 5.74) is 2.35. The maximum absolute atomic E-state index is 12.9. The second-order valence-corrected chi connectivity index (χ2v) is 9.10. The Kier molecular flexibility index (Phi) is 8.44. The first-order chi connectivity index (χ1) is 18.0. The van der Waals surface area contributed by atoms with Crippen LogP contribution in [-0.2, 0) is 17.9 Å². The van der Waals surface area contributed by atoms with Crippen molar-refractivity contribution in [3.8, 4) is 23.3 Å². The molecule has 37 heavy (non-hydrogen) atoms. The summed E-state index contributed by atoms with van der Waals surface area (Å²) in [4.78, 5) is 12.9. The van der Waals surface area contributed by atoms with Gasteiger partial charge in [-0.1, -0.05) is 52.3 Å². The molecule has 0 aliphatic heterocycles. The van der Waals surface area contributed by atoms with E-state index in [0.717, 1.165) is 26.4 Å². The lowest BCUT2D eigenvalue weighted by atomic mass is 10.1. The normalized spacial score (nSPS) is 11.0. The van der Waals surface area contributed by atoms with Crippen LogP contribution < -0.4 is 19.5 Å².